The average molecular weight is 388 g/mol. The Labute approximate surface area is 167 Å². The third kappa shape index (κ3) is 3.50. The van der Waals surface area contributed by atoms with Crippen LogP contribution in [0.4, 0.5) is 0 Å². The fraction of sp³-hybridized carbons (Fsp3) is 0.238. The molecule has 1 fully saturated rings. The zero-order valence-corrected chi connectivity index (χ0v) is 15.8. The van der Waals surface area contributed by atoms with E-state index in [2.05, 4.69) is 20.5 Å². The van der Waals surface area contributed by atoms with Gasteiger partial charge in [-0.2, -0.15) is 5.10 Å². The van der Waals surface area contributed by atoms with Crippen molar-refractivity contribution in [3.63, 3.8) is 0 Å². The first-order valence-corrected chi connectivity index (χ1v) is 9.58. The van der Waals surface area contributed by atoms with Gasteiger partial charge in [-0.1, -0.05) is 35.5 Å². The van der Waals surface area contributed by atoms with Gasteiger partial charge in [0.05, 0.1) is 37.0 Å². The summed E-state index contributed by atoms with van der Waals surface area (Å²) in [5.74, 6) is 0.134. The van der Waals surface area contributed by atoms with Gasteiger partial charge in [-0.3, -0.25) is 9.89 Å². The van der Waals surface area contributed by atoms with Gasteiger partial charge in [0.25, 0.3) is 0 Å². The van der Waals surface area contributed by atoms with Crippen LogP contribution in [0.2, 0.25) is 0 Å². The van der Waals surface area contributed by atoms with Crippen LogP contribution < -0.4 is 0 Å². The third-order valence-corrected chi connectivity index (χ3v) is 5.13. The molecule has 0 atom stereocenters. The lowest BCUT2D eigenvalue weighted by Crippen LogP contribution is -2.41. The molecule has 8 nitrogen and oxygen atoms in total. The highest BCUT2D eigenvalue weighted by atomic mass is 16.5. The Bertz CT molecular complexity index is 1140. The van der Waals surface area contributed by atoms with Crippen molar-refractivity contribution in [2.75, 3.05) is 26.3 Å². The molecule has 4 aromatic rings. The van der Waals surface area contributed by atoms with Crippen LogP contribution in [0.15, 0.2) is 54.7 Å². The minimum Gasteiger partial charge on any atom is -0.378 e. The molecule has 0 radical (unpaired) electrons. The Morgan fingerprint density at radius 2 is 1.86 bits per heavy atom. The Morgan fingerprint density at radius 1 is 1.07 bits per heavy atom. The third-order valence-electron chi connectivity index (χ3n) is 5.13. The van der Waals surface area contributed by atoms with Gasteiger partial charge in [-0.05, 0) is 23.8 Å². The van der Waals surface area contributed by atoms with Gasteiger partial charge < -0.3 is 9.64 Å². The van der Waals surface area contributed by atoms with Crippen molar-refractivity contribution in [2.45, 2.75) is 6.42 Å². The topological polar surface area (TPSA) is 88.9 Å². The number of fused-ring (bicyclic) bond motifs is 1. The van der Waals surface area contributed by atoms with Crippen LogP contribution in [0.1, 0.15) is 5.56 Å². The molecule has 1 N–H and O–H groups in total. The highest BCUT2D eigenvalue weighted by Crippen LogP contribution is 2.24. The monoisotopic (exact) mass is 388 g/mol. The van der Waals surface area contributed by atoms with E-state index < -0.39 is 0 Å². The maximum Gasteiger partial charge on any atom is 0.227 e. The molecule has 146 valence electrons. The summed E-state index contributed by atoms with van der Waals surface area (Å²) >= 11 is 0. The first kappa shape index (κ1) is 17.6. The summed E-state index contributed by atoms with van der Waals surface area (Å²) in [4.78, 5) is 14.3. The summed E-state index contributed by atoms with van der Waals surface area (Å²) in [6.07, 6.45) is 2.25. The maximum atomic E-state index is 12.4. The van der Waals surface area contributed by atoms with Gasteiger partial charge >= 0.3 is 0 Å². The van der Waals surface area contributed by atoms with E-state index in [-0.39, 0.29) is 5.91 Å². The number of amides is 1. The van der Waals surface area contributed by atoms with Gasteiger partial charge in [0.15, 0.2) is 0 Å². The van der Waals surface area contributed by atoms with Crippen LogP contribution in [0.3, 0.4) is 0 Å². The normalized spacial score (nSPS) is 14.4. The van der Waals surface area contributed by atoms with Crippen molar-refractivity contribution >= 4 is 16.8 Å². The average Bonchev–Trinajstić information content (AvgIpc) is 3.42. The molecule has 1 aliphatic rings. The number of rotatable bonds is 4. The molecule has 2 aromatic heterocycles. The highest BCUT2D eigenvalue weighted by Gasteiger charge is 2.17. The Balaban J connectivity index is 1.32. The predicted molar refractivity (Wildman–Crippen MR) is 108 cm³/mol. The van der Waals surface area contributed by atoms with Crippen LogP contribution in [0, 0.1) is 0 Å². The number of para-hydroxylation sites is 1. The first-order chi connectivity index (χ1) is 14.3. The van der Waals surface area contributed by atoms with E-state index in [1.54, 1.807) is 4.68 Å². The van der Waals surface area contributed by atoms with Crippen LogP contribution in [0.25, 0.3) is 28.0 Å². The number of nitrogens with one attached hydrogen (secondary N) is 1. The van der Waals surface area contributed by atoms with Gasteiger partial charge in [0, 0.05) is 18.5 Å². The van der Waals surface area contributed by atoms with E-state index in [1.807, 2.05) is 59.6 Å². The number of ether oxygens (including phenoxy) is 1. The van der Waals surface area contributed by atoms with E-state index in [9.17, 15) is 4.79 Å². The van der Waals surface area contributed by atoms with Gasteiger partial charge in [0.1, 0.15) is 11.4 Å². The molecule has 0 aliphatic carbocycles. The maximum absolute atomic E-state index is 12.4. The van der Waals surface area contributed by atoms with Crippen LogP contribution in [-0.4, -0.2) is 62.3 Å². The summed E-state index contributed by atoms with van der Waals surface area (Å²) in [6, 6.07) is 15.7. The van der Waals surface area contributed by atoms with E-state index in [0.29, 0.717) is 38.4 Å². The van der Waals surface area contributed by atoms with Crippen molar-refractivity contribution < 1.29 is 9.53 Å². The fourth-order valence-corrected chi connectivity index (χ4v) is 3.52. The molecule has 29 heavy (non-hydrogen) atoms. The molecule has 5 rings (SSSR count). The van der Waals surface area contributed by atoms with Gasteiger partial charge in [-0.25, -0.2) is 4.68 Å². The Kier molecular flexibility index (Phi) is 4.53. The van der Waals surface area contributed by atoms with E-state index in [0.717, 1.165) is 27.8 Å². The van der Waals surface area contributed by atoms with Crippen molar-refractivity contribution in [1.29, 1.82) is 0 Å². The zero-order chi connectivity index (χ0) is 19.6. The SMILES string of the molecule is O=C(Cc1ccc(-n2cc(-c3n[nH]c4ccccc34)nn2)cc1)N1CCOCC1. The lowest BCUT2D eigenvalue weighted by molar-refractivity contribution is -0.134. The summed E-state index contributed by atoms with van der Waals surface area (Å²) in [7, 11) is 0. The summed E-state index contributed by atoms with van der Waals surface area (Å²) in [6.45, 7) is 2.57. The summed E-state index contributed by atoms with van der Waals surface area (Å²) in [5.41, 5.74) is 4.30. The minimum absolute atomic E-state index is 0.134. The predicted octanol–water partition coefficient (Wildman–Crippen LogP) is 2.21. The molecular formula is C21H20N6O2. The lowest BCUT2D eigenvalue weighted by atomic mass is 10.1. The lowest BCUT2D eigenvalue weighted by Gasteiger charge is -2.26. The van der Waals surface area contributed by atoms with Crippen molar-refractivity contribution in [3.8, 4) is 17.1 Å². The molecule has 1 amide bonds. The minimum atomic E-state index is 0.134. The number of hydrogen-bond acceptors (Lipinski definition) is 5. The molecule has 8 heteroatoms. The van der Waals surface area contributed by atoms with Crippen molar-refractivity contribution in [1.82, 2.24) is 30.1 Å². The van der Waals surface area contributed by atoms with Crippen molar-refractivity contribution in [3.05, 3.63) is 60.3 Å². The number of benzene rings is 2. The quantitative estimate of drug-likeness (QED) is 0.579. The highest BCUT2D eigenvalue weighted by molar-refractivity contribution is 5.91. The fourth-order valence-electron chi connectivity index (χ4n) is 3.52. The van der Waals surface area contributed by atoms with Gasteiger partial charge in [0.2, 0.25) is 5.91 Å². The smallest absolute Gasteiger partial charge is 0.227 e. The number of carbonyl (C=O) groups excluding carboxylic acids is 1. The molecule has 1 aliphatic heterocycles. The number of aromatic amines is 1. The standard InChI is InChI=1S/C21H20N6O2/c28-20(26-9-11-29-12-10-26)13-15-5-7-16(8-6-15)27-14-19(23-25-27)21-17-3-1-2-4-18(17)22-24-21/h1-8,14H,9-13H2,(H,22,24). The van der Waals surface area contributed by atoms with E-state index in [4.69, 9.17) is 4.74 Å². The first-order valence-electron chi connectivity index (χ1n) is 9.58. The van der Waals surface area contributed by atoms with E-state index >= 15 is 0 Å². The number of aromatic nitrogens is 5. The number of hydrogen-bond donors (Lipinski definition) is 1. The Hall–Kier alpha value is -3.52. The van der Waals surface area contributed by atoms with Crippen LogP contribution >= 0.6 is 0 Å². The second-order valence-corrected chi connectivity index (χ2v) is 7.00. The van der Waals surface area contributed by atoms with Crippen molar-refractivity contribution in [2.24, 2.45) is 0 Å². The molecular weight excluding hydrogens is 368 g/mol. The number of morpholine rings is 1. The number of carbonyl (C=O) groups is 1. The molecule has 0 spiro atoms. The van der Waals surface area contributed by atoms with Gasteiger partial charge in [-0.15, -0.1) is 5.10 Å². The number of nitrogens with zero attached hydrogens (tertiary/aromatic N) is 5. The molecule has 3 heterocycles. The molecule has 0 saturated carbocycles. The molecule has 0 unspecified atom stereocenters. The molecule has 2 aromatic carbocycles. The summed E-state index contributed by atoms with van der Waals surface area (Å²) in [5, 5.41) is 16.9. The van der Waals surface area contributed by atoms with Crippen LogP contribution in [-0.2, 0) is 16.0 Å². The summed E-state index contributed by atoms with van der Waals surface area (Å²) < 4.78 is 7.02. The van der Waals surface area contributed by atoms with E-state index in [1.165, 1.54) is 0 Å². The second-order valence-electron chi connectivity index (χ2n) is 7.00. The molecule has 1 saturated heterocycles. The Morgan fingerprint density at radius 3 is 2.69 bits per heavy atom. The second kappa shape index (κ2) is 7.48. The van der Waals surface area contributed by atoms with Crippen LogP contribution in [0.5, 0.6) is 0 Å². The largest absolute Gasteiger partial charge is 0.378 e. The molecule has 0 bridgehead atoms. The zero-order valence-electron chi connectivity index (χ0n) is 15.8. The number of H-pyrrole nitrogens is 1.